The number of benzene rings is 1. The Hall–Kier alpha value is -1.55. The van der Waals surface area contributed by atoms with E-state index in [4.69, 9.17) is 4.74 Å². The molecule has 0 aliphatic carbocycles. The van der Waals surface area contributed by atoms with Gasteiger partial charge in [0, 0.05) is 27.2 Å². The number of aliphatic imine (C=N–C) groups is 1. The molecule has 0 radical (unpaired) electrons. The Bertz CT molecular complexity index is 432. The van der Waals surface area contributed by atoms with Gasteiger partial charge < -0.3 is 15.4 Å². The van der Waals surface area contributed by atoms with Crippen LogP contribution in [0.5, 0.6) is 0 Å². The molecule has 2 N–H and O–H groups in total. The third-order valence-corrected chi connectivity index (χ3v) is 3.35. The van der Waals surface area contributed by atoms with E-state index in [1.165, 1.54) is 11.1 Å². The molecule has 21 heavy (non-hydrogen) atoms. The Kier molecular flexibility index (Phi) is 7.23. The second-order valence-electron chi connectivity index (χ2n) is 6.12. The van der Waals surface area contributed by atoms with Crippen molar-refractivity contribution in [2.24, 2.45) is 4.99 Å². The maximum absolute atomic E-state index is 5.00. The van der Waals surface area contributed by atoms with Gasteiger partial charge in [-0.15, -0.1) is 0 Å². The minimum Gasteiger partial charge on any atom is -0.383 e. The molecule has 1 aromatic rings. The minimum absolute atomic E-state index is 0.212. The fraction of sp³-hybridized carbons (Fsp3) is 0.588. The Morgan fingerprint density at radius 3 is 2.24 bits per heavy atom. The van der Waals surface area contributed by atoms with E-state index >= 15 is 0 Å². The summed E-state index contributed by atoms with van der Waals surface area (Å²) in [5.41, 5.74) is 2.92. The van der Waals surface area contributed by atoms with E-state index in [-0.39, 0.29) is 5.41 Å². The molecule has 1 aromatic carbocycles. The van der Waals surface area contributed by atoms with E-state index < -0.39 is 0 Å². The first-order valence-electron chi connectivity index (χ1n) is 7.50. The number of methoxy groups -OCH3 is 1. The van der Waals surface area contributed by atoms with Gasteiger partial charge in [-0.05, 0) is 23.0 Å². The molecule has 4 nitrogen and oxygen atoms in total. The summed E-state index contributed by atoms with van der Waals surface area (Å²) in [4.78, 5) is 4.18. The number of rotatable bonds is 6. The van der Waals surface area contributed by atoms with Crippen molar-refractivity contribution >= 4 is 5.96 Å². The van der Waals surface area contributed by atoms with Crippen LogP contribution in [-0.2, 0) is 16.6 Å². The molecule has 0 saturated carbocycles. The summed E-state index contributed by atoms with van der Waals surface area (Å²) < 4.78 is 5.00. The molecule has 0 spiro atoms. The van der Waals surface area contributed by atoms with Crippen LogP contribution in [0.15, 0.2) is 29.3 Å². The number of nitrogens with one attached hydrogen (secondary N) is 2. The Balaban J connectivity index is 2.38. The highest BCUT2D eigenvalue weighted by atomic mass is 16.5. The first-order valence-corrected chi connectivity index (χ1v) is 7.50. The molecular formula is C17H29N3O. The average Bonchev–Trinajstić information content (AvgIpc) is 2.45. The van der Waals surface area contributed by atoms with Gasteiger partial charge in [-0.1, -0.05) is 45.0 Å². The van der Waals surface area contributed by atoms with Crippen molar-refractivity contribution in [2.75, 3.05) is 33.9 Å². The molecule has 118 valence electrons. The van der Waals surface area contributed by atoms with Gasteiger partial charge in [-0.25, -0.2) is 0 Å². The van der Waals surface area contributed by atoms with Crippen molar-refractivity contribution in [1.82, 2.24) is 10.6 Å². The molecule has 4 heteroatoms. The lowest BCUT2D eigenvalue weighted by molar-refractivity contribution is 0.203. The highest BCUT2D eigenvalue weighted by Crippen LogP contribution is 2.22. The van der Waals surface area contributed by atoms with Gasteiger partial charge >= 0.3 is 0 Å². The lowest BCUT2D eigenvalue weighted by atomic mass is 9.86. The summed E-state index contributed by atoms with van der Waals surface area (Å²) in [5.74, 6) is 0.818. The molecule has 0 amide bonds. The van der Waals surface area contributed by atoms with Crippen molar-refractivity contribution in [1.29, 1.82) is 0 Å². The van der Waals surface area contributed by atoms with Crippen molar-refractivity contribution in [3.05, 3.63) is 35.4 Å². The normalized spacial score (nSPS) is 12.3. The molecule has 0 heterocycles. The standard InChI is InChI=1S/C17H29N3O/c1-17(2,3)15-8-6-14(7-9-15)10-11-19-16(18-4)20-12-13-21-5/h6-9H,10-13H2,1-5H3,(H2,18,19,20). The highest BCUT2D eigenvalue weighted by Gasteiger charge is 2.12. The van der Waals surface area contributed by atoms with E-state index in [0.29, 0.717) is 6.61 Å². The monoisotopic (exact) mass is 291 g/mol. The van der Waals surface area contributed by atoms with Crippen LogP contribution in [0.2, 0.25) is 0 Å². The summed E-state index contributed by atoms with van der Waals surface area (Å²) in [7, 11) is 3.47. The van der Waals surface area contributed by atoms with Crippen LogP contribution in [0.3, 0.4) is 0 Å². The molecule has 0 aliphatic heterocycles. The smallest absolute Gasteiger partial charge is 0.191 e. The SMILES string of the molecule is CN=C(NCCOC)NCCc1ccc(C(C)(C)C)cc1. The van der Waals surface area contributed by atoms with Gasteiger partial charge in [-0.3, -0.25) is 4.99 Å². The molecule has 0 atom stereocenters. The van der Waals surface area contributed by atoms with E-state index in [1.54, 1.807) is 14.2 Å². The number of hydrogen-bond acceptors (Lipinski definition) is 2. The molecule has 0 aromatic heterocycles. The first-order chi connectivity index (χ1) is 9.97. The minimum atomic E-state index is 0.212. The second-order valence-corrected chi connectivity index (χ2v) is 6.12. The fourth-order valence-corrected chi connectivity index (χ4v) is 1.99. The molecule has 0 aliphatic rings. The topological polar surface area (TPSA) is 45.7 Å². The van der Waals surface area contributed by atoms with Crippen molar-refractivity contribution in [2.45, 2.75) is 32.6 Å². The zero-order valence-corrected chi connectivity index (χ0v) is 14.0. The quantitative estimate of drug-likeness (QED) is 0.480. The summed E-state index contributed by atoms with van der Waals surface area (Å²) in [5, 5.41) is 6.50. The summed E-state index contributed by atoms with van der Waals surface area (Å²) in [6.45, 7) is 9.00. The van der Waals surface area contributed by atoms with E-state index in [2.05, 4.69) is 60.7 Å². The van der Waals surface area contributed by atoms with Gasteiger partial charge in [0.15, 0.2) is 5.96 Å². The summed E-state index contributed by atoms with van der Waals surface area (Å²) >= 11 is 0. The zero-order chi connectivity index (χ0) is 15.7. The van der Waals surface area contributed by atoms with Crippen molar-refractivity contribution in [3.63, 3.8) is 0 Å². The van der Waals surface area contributed by atoms with E-state index in [9.17, 15) is 0 Å². The van der Waals surface area contributed by atoms with E-state index in [0.717, 1.165) is 25.5 Å². The number of guanidine groups is 1. The third-order valence-electron chi connectivity index (χ3n) is 3.35. The van der Waals surface area contributed by atoms with Gasteiger partial charge in [0.2, 0.25) is 0 Å². The zero-order valence-electron chi connectivity index (χ0n) is 14.0. The first kappa shape index (κ1) is 17.5. The van der Waals surface area contributed by atoms with Crippen LogP contribution >= 0.6 is 0 Å². The summed E-state index contributed by atoms with van der Waals surface area (Å²) in [6, 6.07) is 8.87. The summed E-state index contributed by atoms with van der Waals surface area (Å²) in [6.07, 6.45) is 0.982. The highest BCUT2D eigenvalue weighted by molar-refractivity contribution is 5.79. The van der Waals surface area contributed by atoms with Crippen LogP contribution in [-0.4, -0.2) is 39.8 Å². The lowest BCUT2D eigenvalue weighted by Crippen LogP contribution is -2.39. The molecule has 1 rings (SSSR count). The van der Waals surface area contributed by atoms with Crippen LogP contribution in [0.4, 0.5) is 0 Å². The maximum Gasteiger partial charge on any atom is 0.191 e. The molecule has 0 saturated heterocycles. The van der Waals surface area contributed by atoms with E-state index in [1.807, 2.05) is 0 Å². The molecular weight excluding hydrogens is 262 g/mol. The number of ether oxygens (including phenoxy) is 1. The van der Waals surface area contributed by atoms with Crippen LogP contribution < -0.4 is 10.6 Å². The molecule has 0 unspecified atom stereocenters. The lowest BCUT2D eigenvalue weighted by Gasteiger charge is -2.19. The maximum atomic E-state index is 5.00. The Labute approximate surface area is 129 Å². The number of nitrogens with zero attached hydrogens (tertiary/aromatic N) is 1. The Morgan fingerprint density at radius 2 is 1.71 bits per heavy atom. The third kappa shape index (κ3) is 6.63. The predicted molar refractivity (Wildman–Crippen MR) is 90.1 cm³/mol. The van der Waals surface area contributed by atoms with Gasteiger partial charge in [0.05, 0.1) is 6.61 Å². The molecule has 0 bridgehead atoms. The van der Waals surface area contributed by atoms with Crippen LogP contribution in [0.1, 0.15) is 31.9 Å². The van der Waals surface area contributed by atoms with Gasteiger partial charge in [0.25, 0.3) is 0 Å². The van der Waals surface area contributed by atoms with Crippen LogP contribution in [0.25, 0.3) is 0 Å². The van der Waals surface area contributed by atoms with Gasteiger partial charge in [-0.2, -0.15) is 0 Å². The fourth-order valence-electron chi connectivity index (χ4n) is 1.99. The second kappa shape index (κ2) is 8.67. The van der Waals surface area contributed by atoms with Crippen molar-refractivity contribution in [3.8, 4) is 0 Å². The number of hydrogen-bond donors (Lipinski definition) is 2. The largest absolute Gasteiger partial charge is 0.383 e. The van der Waals surface area contributed by atoms with Crippen LogP contribution in [0, 0.1) is 0 Å². The Morgan fingerprint density at radius 1 is 1.10 bits per heavy atom. The molecule has 0 fully saturated rings. The van der Waals surface area contributed by atoms with Crippen molar-refractivity contribution < 1.29 is 4.74 Å². The average molecular weight is 291 g/mol. The predicted octanol–water partition coefficient (Wildman–Crippen LogP) is 2.34. The van der Waals surface area contributed by atoms with Gasteiger partial charge in [0.1, 0.15) is 0 Å².